The van der Waals surface area contributed by atoms with Crippen LogP contribution in [0, 0.1) is 5.92 Å². The molecule has 22 heavy (non-hydrogen) atoms. The van der Waals surface area contributed by atoms with Gasteiger partial charge in [-0.2, -0.15) is 0 Å². The van der Waals surface area contributed by atoms with E-state index in [0.29, 0.717) is 23.9 Å². The van der Waals surface area contributed by atoms with Crippen molar-refractivity contribution in [1.29, 1.82) is 0 Å². The van der Waals surface area contributed by atoms with E-state index in [0.717, 1.165) is 12.8 Å². The van der Waals surface area contributed by atoms with E-state index in [1.165, 1.54) is 24.7 Å². The highest BCUT2D eigenvalue weighted by Crippen LogP contribution is 2.46. The van der Waals surface area contributed by atoms with Gasteiger partial charge in [0.1, 0.15) is 0 Å². The average Bonchev–Trinajstić information content (AvgIpc) is 2.76. The molecule has 0 saturated carbocycles. The molecule has 2 aliphatic heterocycles. The summed E-state index contributed by atoms with van der Waals surface area (Å²) in [5.74, 6) is 0.760. The molecule has 2 aliphatic rings. The third kappa shape index (κ3) is 2.56. The van der Waals surface area contributed by atoms with Gasteiger partial charge < -0.3 is 4.74 Å². The lowest BCUT2D eigenvalue weighted by atomic mass is 9.76. The zero-order valence-corrected chi connectivity index (χ0v) is 14.1. The minimum Gasteiger partial charge on any atom is -0.469 e. The Balaban J connectivity index is 1.91. The largest absolute Gasteiger partial charge is 0.469 e. The molecular weight excluding hydrogens is 274 g/mol. The maximum atomic E-state index is 12.4. The Hall–Kier alpha value is -1.35. The first-order chi connectivity index (χ1) is 10.5. The molecule has 120 valence electrons. The Morgan fingerprint density at radius 2 is 1.91 bits per heavy atom. The predicted molar refractivity (Wildman–Crippen MR) is 88.0 cm³/mol. The first-order valence-electron chi connectivity index (χ1n) is 8.42. The maximum absolute atomic E-state index is 12.4. The minimum atomic E-state index is -0.0462. The van der Waals surface area contributed by atoms with Gasteiger partial charge in [-0.15, -0.1) is 0 Å². The quantitative estimate of drug-likeness (QED) is 0.800. The number of hydrogen-bond donors (Lipinski definition) is 0. The highest BCUT2D eigenvalue weighted by molar-refractivity contribution is 5.75. The zero-order chi connectivity index (χ0) is 15.9. The lowest BCUT2D eigenvalue weighted by Gasteiger charge is -2.41. The van der Waals surface area contributed by atoms with Crippen molar-refractivity contribution in [2.45, 2.75) is 57.0 Å². The molecule has 2 heterocycles. The fourth-order valence-corrected chi connectivity index (χ4v) is 4.40. The van der Waals surface area contributed by atoms with Crippen LogP contribution < -0.4 is 0 Å². The monoisotopic (exact) mass is 301 g/mol. The standard InChI is InChI=1S/C19H27NO2/c1-12(2)13-5-7-14(8-6-13)16-11-15-9-10-17(20(15)3)18(16)19(21)22-4/h5-8,12,15-18H,9-11H2,1-4H3/t15-,16-,17?,18?/m1/s1. The van der Waals surface area contributed by atoms with Crippen LogP contribution in [-0.4, -0.2) is 37.1 Å². The summed E-state index contributed by atoms with van der Waals surface area (Å²) in [6.45, 7) is 4.42. The second kappa shape index (κ2) is 6.04. The van der Waals surface area contributed by atoms with Crippen molar-refractivity contribution >= 4 is 5.97 Å². The maximum Gasteiger partial charge on any atom is 0.310 e. The van der Waals surface area contributed by atoms with Gasteiger partial charge in [0.05, 0.1) is 13.0 Å². The van der Waals surface area contributed by atoms with Crippen LogP contribution in [0.2, 0.25) is 0 Å². The molecule has 0 spiro atoms. The Labute approximate surface area is 133 Å². The van der Waals surface area contributed by atoms with Crippen molar-refractivity contribution in [2.24, 2.45) is 5.92 Å². The molecule has 3 nitrogen and oxygen atoms in total. The number of carbonyl (C=O) groups excluding carboxylic acids is 1. The first-order valence-corrected chi connectivity index (χ1v) is 8.42. The van der Waals surface area contributed by atoms with E-state index in [2.05, 4.69) is 50.1 Å². The lowest BCUT2D eigenvalue weighted by molar-refractivity contribution is -0.150. The Bertz CT molecular complexity index is 537. The second-order valence-electron chi connectivity index (χ2n) is 7.18. The number of fused-ring (bicyclic) bond motifs is 2. The molecule has 2 unspecified atom stereocenters. The van der Waals surface area contributed by atoms with Crippen LogP contribution >= 0.6 is 0 Å². The SMILES string of the molecule is COC(=O)C1C2CC[C@H](C[C@@H]1c1ccc(C(C)C)cc1)N2C. The highest BCUT2D eigenvalue weighted by Gasteiger charge is 2.49. The predicted octanol–water partition coefficient (Wildman–Crippen LogP) is 3.55. The summed E-state index contributed by atoms with van der Waals surface area (Å²) in [4.78, 5) is 14.8. The van der Waals surface area contributed by atoms with Crippen LogP contribution in [-0.2, 0) is 9.53 Å². The van der Waals surface area contributed by atoms with E-state index in [4.69, 9.17) is 4.74 Å². The van der Waals surface area contributed by atoms with E-state index in [1.54, 1.807) is 0 Å². The van der Waals surface area contributed by atoms with Crippen LogP contribution in [0.1, 0.15) is 56.1 Å². The number of esters is 1. The molecule has 3 rings (SSSR count). The van der Waals surface area contributed by atoms with Crippen molar-refractivity contribution < 1.29 is 9.53 Å². The summed E-state index contributed by atoms with van der Waals surface area (Å²) in [6, 6.07) is 9.83. The molecule has 0 amide bonds. The Morgan fingerprint density at radius 3 is 2.50 bits per heavy atom. The molecule has 0 N–H and O–H groups in total. The number of ether oxygens (including phenoxy) is 1. The number of rotatable bonds is 3. The third-order valence-corrected chi connectivity index (χ3v) is 5.77. The topological polar surface area (TPSA) is 29.5 Å². The summed E-state index contributed by atoms with van der Waals surface area (Å²) in [6.07, 6.45) is 3.38. The number of piperidine rings is 1. The van der Waals surface area contributed by atoms with E-state index in [-0.39, 0.29) is 11.9 Å². The summed E-state index contributed by atoms with van der Waals surface area (Å²) in [7, 11) is 3.68. The van der Waals surface area contributed by atoms with Crippen LogP contribution in [0.4, 0.5) is 0 Å². The Kier molecular flexibility index (Phi) is 4.26. The molecule has 0 radical (unpaired) electrons. The van der Waals surface area contributed by atoms with Crippen molar-refractivity contribution in [1.82, 2.24) is 4.90 Å². The fourth-order valence-electron chi connectivity index (χ4n) is 4.40. The second-order valence-corrected chi connectivity index (χ2v) is 7.18. The molecule has 4 atom stereocenters. The van der Waals surface area contributed by atoms with Gasteiger partial charge in [-0.3, -0.25) is 9.69 Å². The van der Waals surface area contributed by atoms with Gasteiger partial charge in [-0.25, -0.2) is 0 Å². The zero-order valence-electron chi connectivity index (χ0n) is 14.1. The summed E-state index contributed by atoms with van der Waals surface area (Å²) in [5, 5.41) is 0. The number of benzene rings is 1. The van der Waals surface area contributed by atoms with Gasteiger partial charge in [-0.05, 0) is 43.4 Å². The van der Waals surface area contributed by atoms with Crippen LogP contribution in [0.25, 0.3) is 0 Å². The summed E-state index contributed by atoms with van der Waals surface area (Å²) >= 11 is 0. The molecule has 2 fully saturated rings. The Morgan fingerprint density at radius 1 is 1.23 bits per heavy atom. The van der Waals surface area contributed by atoms with E-state index in [9.17, 15) is 4.79 Å². The normalized spacial score (nSPS) is 31.5. The highest BCUT2D eigenvalue weighted by atomic mass is 16.5. The molecule has 2 saturated heterocycles. The number of carbonyl (C=O) groups is 1. The smallest absolute Gasteiger partial charge is 0.310 e. The van der Waals surface area contributed by atoms with Gasteiger partial charge in [-0.1, -0.05) is 38.1 Å². The average molecular weight is 301 g/mol. The fraction of sp³-hybridized carbons (Fsp3) is 0.632. The molecule has 3 heteroatoms. The number of nitrogens with zero attached hydrogens (tertiary/aromatic N) is 1. The van der Waals surface area contributed by atoms with Gasteiger partial charge >= 0.3 is 5.97 Å². The molecule has 0 aromatic heterocycles. The first kappa shape index (κ1) is 15.5. The molecule has 1 aromatic rings. The van der Waals surface area contributed by atoms with Crippen molar-refractivity contribution in [3.05, 3.63) is 35.4 Å². The van der Waals surface area contributed by atoms with Gasteiger partial charge in [0.15, 0.2) is 0 Å². The van der Waals surface area contributed by atoms with Crippen LogP contribution in [0.5, 0.6) is 0 Å². The van der Waals surface area contributed by atoms with Crippen LogP contribution in [0.3, 0.4) is 0 Å². The van der Waals surface area contributed by atoms with Gasteiger partial charge in [0.25, 0.3) is 0 Å². The minimum absolute atomic E-state index is 0.0290. The van der Waals surface area contributed by atoms with Crippen molar-refractivity contribution in [3.8, 4) is 0 Å². The van der Waals surface area contributed by atoms with Crippen molar-refractivity contribution in [3.63, 3.8) is 0 Å². The summed E-state index contributed by atoms with van der Waals surface area (Å²) < 4.78 is 5.14. The third-order valence-electron chi connectivity index (χ3n) is 5.77. The number of hydrogen-bond acceptors (Lipinski definition) is 3. The van der Waals surface area contributed by atoms with E-state index < -0.39 is 0 Å². The van der Waals surface area contributed by atoms with Crippen molar-refractivity contribution in [2.75, 3.05) is 14.2 Å². The van der Waals surface area contributed by atoms with Gasteiger partial charge in [0, 0.05) is 18.0 Å². The van der Waals surface area contributed by atoms with Gasteiger partial charge in [0.2, 0.25) is 0 Å². The molecule has 2 bridgehead atoms. The van der Waals surface area contributed by atoms with E-state index in [1.807, 2.05) is 0 Å². The molecule has 0 aliphatic carbocycles. The molecule has 1 aromatic carbocycles. The number of methoxy groups -OCH3 is 1. The van der Waals surface area contributed by atoms with E-state index >= 15 is 0 Å². The molecular formula is C19H27NO2. The lowest BCUT2D eigenvalue weighted by Crippen LogP contribution is -2.49. The van der Waals surface area contributed by atoms with Crippen LogP contribution in [0.15, 0.2) is 24.3 Å². The summed E-state index contributed by atoms with van der Waals surface area (Å²) in [5.41, 5.74) is 2.65.